The Morgan fingerprint density at radius 3 is 1.23 bits per heavy atom. The second kappa shape index (κ2) is 30.1. The Kier molecular flexibility index (Phi) is 21.0. The molecule has 0 atom stereocenters. The van der Waals surface area contributed by atoms with Crippen LogP contribution in [0.4, 0.5) is 0 Å². The largest absolute Gasteiger partial charge is 0.455 e. The van der Waals surface area contributed by atoms with E-state index in [9.17, 15) is 0 Å². The summed E-state index contributed by atoms with van der Waals surface area (Å²) in [5.41, 5.74) is 70.5. The third-order valence-corrected chi connectivity index (χ3v) is 33.7. The number of furan rings is 1. The number of fused-ring (bicyclic) bond motifs is 22. The molecular formula is C115H129N7OS. The van der Waals surface area contributed by atoms with Crippen LogP contribution in [0.2, 0.25) is 0 Å². The molecule has 17 aromatic rings. The van der Waals surface area contributed by atoms with Crippen LogP contribution in [-0.4, -0.2) is 33.5 Å². The summed E-state index contributed by atoms with van der Waals surface area (Å²) in [5, 5.41) is 9.36. The molecule has 0 N–H and O–H groups in total. The van der Waals surface area contributed by atoms with Gasteiger partial charge in [0.1, 0.15) is 28.5 Å². The lowest BCUT2D eigenvalue weighted by Gasteiger charge is -2.32. The zero-order valence-electron chi connectivity index (χ0n) is 82.1. The summed E-state index contributed by atoms with van der Waals surface area (Å²) in [5.74, 6) is 2.04. The molecule has 2 aliphatic rings. The summed E-state index contributed by atoms with van der Waals surface area (Å²) < 4.78 is 16.1. The maximum Gasteiger partial charge on any atom is 0.146 e. The number of thiophene rings is 1. The van der Waals surface area contributed by atoms with Gasteiger partial charge in [0.25, 0.3) is 0 Å². The number of nitrogens with zero attached hydrogens (tertiary/aromatic N) is 7. The number of hydrogen-bond acceptors (Lipinski definition) is 6. The first-order valence-electron chi connectivity index (χ1n) is 44.8. The SMILES string of the molecule is Cc1cc(-c2nc(C)c(C)n2C)c2oc3c(C)c(C)c(C)c(C)c3c2c1.Cc1cc2c(c(C)c1C)-c1c(C)cc(-c3nc(C)c(C)c(C)c3C)cc1C21c2cc(C)c(C)c(C)c2-c2c1cc(C)c(C)c2C.Cc1cc2c(c(C)c1C)c1c(C)c(C)c(C)c(C)c1n1c(C)c(C)nc21.Cc1nc(-c2cc(C)c3sc4c(C)c(C)c(C)c(C)c4c3c2C)n(C)c1C. The highest BCUT2D eigenvalue weighted by Gasteiger charge is 2.54. The molecule has 0 unspecified atom stereocenters. The normalized spacial score (nSPS) is 12.6. The van der Waals surface area contributed by atoms with Crippen LogP contribution in [0, 0.1) is 263 Å². The van der Waals surface area contributed by atoms with Crippen molar-refractivity contribution in [1.29, 1.82) is 0 Å². The molecule has 19 rings (SSSR count). The first-order chi connectivity index (χ1) is 58.2. The minimum atomic E-state index is -0.394. The predicted molar refractivity (Wildman–Crippen MR) is 534 cm³/mol. The fourth-order valence-electron chi connectivity index (χ4n) is 21.7. The Morgan fingerprint density at radius 2 is 0.702 bits per heavy atom. The quantitative estimate of drug-likeness (QED) is 0.165. The van der Waals surface area contributed by atoms with E-state index >= 15 is 0 Å². The molecule has 0 saturated heterocycles. The molecule has 0 saturated carbocycles. The third-order valence-electron chi connectivity index (χ3n) is 32.2. The van der Waals surface area contributed by atoms with Crippen molar-refractivity contribution in [2.45, 2.75) is 269 Å². The van der Waals surface area contributed by atoms with Gasteiger partial charge >= 0.3 is 0 Å². The standard InChI is InChI=1S/C44H47N.C24H28N2S.C24H28N2.C23H26N2O/c1-20-16-35-40(29(10)24(20)5)39-23(4)15-34(43-32(13)27(8)28(9)33(14)45-43)19-38(39)44(35)36-17-21(2)25(6)30(11)41(36)42-31(12)26(7)22(3)18-37(42)44;1-11-10-19(24-25-17(7)18(8)26(24)9)16(6)21-20-14(4)12(2)13(3)15(5)23(20)27-22(11)21;1-11-10-20-21(15(5)12(11)2)22-16(6)13(3)14(4)17(7)23(22)26-19(9)18(8)25-24(20)26;1-11-9-18-20-14(4)12(2)13(3)15(5)21(20)26-22(18)19(10-11)23-24-16(6)17(7)25(23)8/h15-19H,1-14H3;10H,1-9H3;10H,1-9H3;9-10H,1-8H3. The molecule has 1 spiro atoms. The Labute approximate surface area is 741 Å². The summed E-state index contributed by atoms with van der Waals surface area (Å²) in [6, 6.07) is 21.7. The second-order valence-corrected chi connectivity index (χ2v) is 39.2. The molecule has 10 aromatic carbocycles. The summed E-state index contributed by atoms with van der Waals surface area (Å²) in [7, 11) is 4.20. The zero-order valence-corrected chi connectivity index (χ0v) is 83.0. The van der Waals surface area contributed by atoms with Crippen LogP contribution >= 0.6 is 11.3 Å². The van der Waals surface area contributed by atoms with Crippen molar-refractivity contribution in [3.63, 3.8) is 0 Å². The molecule has 0 amide bonds. The molecule has 8 nitrogen and oxygen atoms in total. The molecule has 2 aliphatic carbocycles. The van der Waals surface area contributed by atoms with Crippen molar-refractivity contribution in [1.82, 2.24) is 33.5 Å². The van der Waals surface area contributed by atoms with Crippen LogP contribution in [0.5, 0.6) is 0 Å². The van der Waals surface area contributed by atoms with Crippen molar-refractivity contribution < 1.29 is 4.42 Å². The Bertz CT molecular complexity index is 7610. The van der Waals surface area contributed by atoms with Gasteiger partial charge in [-0.05, 0) is 522 Å². The summed E-state index contributed by atoms with van der Waals surface area (Å²) >= 11 is 1.96. The van der Waals surface area contributed by atoms with Gasteiger partial charge in [-0.2, -0.15) is 0 Å². The maximum absolute atomic E-state index is 6.49. The molecule has 0 radical (unpaired) electrons. The molecule has 7 aromatic heterocycles. The van der Waals surface area contributed by atoms with Gasteiger partial charge in [0, 0.05) is 89.7 Å². The average Bonchev–Trinajstić information content (AvgIpc) is 1.49. The van der Waals surface area contributed by atoms with Crippen molar-refractivity contribution in [3.05, 3.63) is 289 Å². The van der Waals surface area contributed by atoms with Gasteiger partial charge in [-0.15, -0.1) is 11.3 Å². The van der Waals surface area contributed by atoms with E-state index in [-0.39, 0.29) is 0 Å². The minimum absolute atomic E-state index is 0.394. The summed E-state index contributed by atoms with van der Waals surface area (Å²) in [4.78, 5) is 20.0. The van der Waals surface area contributed by atoms with Crippen molar-refractivity contribution >= 4 is 80.8 Å². The fraction of sp³-hybridized carbons (Fsp3) is 0.357. The van der Waals surface area contributed by atoms with E-state index in [1.807, 2.05) is 11.3 Å². The van der Waals surface area contributed by atoms with Crippen molar-refractivity contribution in [2.75, 3.05) is 0 Å². The fourth-order valence-corrected chi connectivity index (χ4v) is 23.2. The number of rotatable bonds is 3. The van der Waals surface area contributed by atoms with Crippen molar-refractivity contribution in [3.8, 4) is 56.3 Å². The van der Waals surface area contributed by atoms with Crippen LogP contribution < -0.4 is 0 Å². The molecule has 636 valence electrons. The Balaban J connectivity index is 0.000000126. The monoisotopic (exact) mass is 1660 g/mol. The maximum atomic E-state index is 6.49. The van der Waals surface area contributed by atoms with Gasteiger partial charge in [-0.3, -0.25) is 9.38 Å². The van der Waals surface area contributed by atoms with Crippen molar-refractivity contribution in [2.24, 2.45) is 14.1 Å². The summed E-state index contributed by atoms with van der Waals surface area (Å²) in [6.07, 6.45) is 0. The number of hydrogen-bond donors (Lipinski definition) is 0. The van der Waals surface area contributed by atoms with Gasteiger partial charge in [0.05, 0.1) is 39.3 Å². The number of imidazole rings is 3. The minimum Gasteiger partial charge on any atom is -0.455 e. The molecule has 0 aliphatic heterocycles. The highest BCUT2D eigenvalue weighted by Crippen LogP contribution is 2.67. The molecule has 124 heavy (non-hydrogen) atoms. The second-order valence-electron chi connectivity index (χ2n) is 38.2. The van der Waals surface area contributed by atoms with E-state index in [0.717, 1.165) is 62.5 Å². The number of aromatic nitrogens is 7. The lowest BCUT2D eigenvalue weighted by Crippen LogP contribution is -2.27. The van der Waals surface area contributed by atoms with E-state index in [4.69, 9.17) is 24.4 Å². The van der Waals surface area contributed by atoms with Gasteiger partial charge in [0.2, 0.25) is 0 Å². The van der Waals surface area contributed by atoms with Crippen LogP contribution in [0.15, 0.2) is 59.0 Å². The Hall–Kier alpha value is -11.0. The van der Waals surface area contributed by atoms with Crippen LogP contribution in [0.3, 0.4) is 0 Å². The highest BCUT2D eigenvalue weighted by atomic mass is 32.1. The van der Waals surface area contributed by atoms with E-state index in [2.05, 4.69) is 345 Å². The first-order valence-corrected chi connectivity index (χ1v) is 45.6. The smallest absolute Gasteiger partial charge is 0.146 e. The Morgan fingerprint density at radius 1 is 0.274 bits per heavy atom. The van der Waals surface area contributed by atoms with Crippen LogP contribution in [0.25, 0.3) is 126 Å². The molecule has 7 heterocycles. The van der Waals surface area contributed by atoms with Crippen LogP contribution in [0.1, 0.15) is 235 Å². The lowest BCUT2D eigenvalue weighted by atomic mass is 9.68. The van der Waals surface area contributed by atoms with E-state index in [0.29, 0.717) is 0 Å². The number of pyridine rings is 2. The molecule has 0 fully saturated rings. The first kappa shape index (κ1) is 86.5. The van der Waals surface area contributed by atoms with Gasteiger partial charge in [0.15, 0.2) is 0 Å². The number of benzene rings is 10. The molecule has 0 bridgehead atoms. The van der Waals surface area contributed by atoms with Gasteiger partial charge in [-0.25, -0.2) is 15.0 Å². The number of aryl methyl sites for hydroxylation is 20. The average molecular weight is 1660 g/mol. The topological polar surface area (TPSA) is 79.0 Å². The summed E-state index contributed by atoms with van der Waals surface area (Å²) in [6.45, 7) is 85.1. The third kappa shape index (κ3) is 12.1. The van der Waals surface area contributed by atoms with E-state index < -0.39 is 5.41 Å². The predicted octanol–water partition coefficient (Wildman–Crippen LogP) is 30.9. The highest BCUT2D eigenvalue weighted by molar-refractivity contribution is 7.26. The van der Waals surface area contributed by atoms with Gasteiger partial charge in [-0.1, -0.05) is 18.2 Å². The zero-order chi connectivity index (χ0) is 90.4. The molecular weight excluding hydrogens is 1530 g/mol. The lowest BCUT2D eigenvalue weighted by molar-refractivity contribution is 0.665. The van der Waals surface area contributed by atoms with E-state index in [1.165, 1.54) is 298 Å². The van der Waals surface area contributed by atoms with Crippen LogP contribution in [-0.2, 0) is 19.5 Å². The van der Waals surface area contributed by atoms with E-state index in [1.54, 1.807) is 0 Å². The molecule has 9 heteroatoms. The van der Waals surface area contributed by atoms with Gasteiger partial charge < -0.3 is 13.6 Å².